The lowest BCUT2D eigenvalue weighted by Gasteiger charge is -2.01. The van der Waals surface area contributed by atoms with E-state index >= 15 is 0 Å². The van der Waals surface area contributed by atoms with Crippen LogP contribution in [0.4, 0.5) is 11.4 Å². The van der Waals surface area contributed by atoms with Gasteiger partial charge in [0.2, 0.25) is 0 Å². The molecule has 102 valence electrons. The first-order valence-electron chi connectivity index (χ1n) is 5.53. The fourth-order valence-corrected chi connectivity index (χ4v) is 2.24. The van der Waals surface area contributed by atoms with Crippen LogP contribution >= 0.6 is 11.8 Å². The van der Waals surface area contributed by atoms with Crippen LogP contribution in [0.5, 0.6) is 0 Å². The number of nitrogens with zero attached hydrogens (tertiary/aromatic N) is 3. The minimum Gasteiger partial charge on any atom is -0.258 e. The lowest BCUT2D eigenvalue weighted by molar-refractivity contribution is -0.385. The van der Waals surface area contributed by atoms with E-state index in [1.54, 1.807) is 18.2 Å². The molecular weight excluding hydrogens is 282 g/mol. The van der Waals surface area contributed by atoms with Crippen molar-refractivity contribution in [1.82, 2.24) is 4.98 Å². The molecule has 0 aliphatic carbocycles. The number of aromatic nitrogens is 1. The molecule has 8 heteroatoms. The van der Waals surface area contributed by atoms with Crippen LogP contribution in [-0.2, 0) is 5.75 Å². The van der Waals surface area contributed by atoms with Gasteiger partial charge in [0.15, 0.2) is 0 Å². The van der Waals surface area contributed by atoms with Gasteiger partial charge in [-0.3, -0.25) is 20.2 Å². The fourth-order valence-electron chi connectivity index (χ4n) is 1.44. The van der Waals surface area contributed by atoms with Crippen LogP contribution in [0.3, 0.4) is 0 Å². The molecule has 0 atom stereocenters. The highest BCUT2D eigenvalue weighted by Crippen LogP contribution is 2.23. The van der Waals surface area contributed by atoms with Gasteiger partial charge >= 0.3 is 0 Å². The van der Waals surface area contributed by atoms with E-state index in [2.05, 4.69) is 4.98 Å². The van der Waals surface area contributed by atoms with Crippen molar-refractivity contribution in [2.45, 2.75) is 10.8 Å². The largest absolute Gasteiger partial charge is 0.287 e. The topological polar surface area (TPSA) is 99.2 Å². The summed E-state index contributed by atoms with van der Waals surface area (Å²) in [5, 5.41) is 21.7. The summed E-state index contributed by atoms with van der Waals surface area (Å²) in [6.07, 6.45) is 1.21. The van der Waals surface area contributed by atoms with Gasteiger partial charge in [0, 0.05) is 24.0 Å². The number of thioether (sulfide) groups is 1. The molecule has 0 aliphatic heterocycles. The molecule has 0 unspecified atom stereocenters. The number of nitro groups is 2. The van der Waals surface area contributed by atoms with E-state index in [4.69, 9.17) is 0 Å². The minimum absolute atomic E-state index is 0.0483. The minimum atomic E-state index is -0.502. The molecule has 1 aromatic carbocycles. The van der Waals surface area contributed by atoms with Crippen LogP contribution in [0.15, 0.2) is 47.6 Å². The summed E-state index contributed by atoms with van der Waals surface area (Å²) in [4.78, 5) is 24.0. The molecule has 0 N–H and O–H groups in total. The number of hydrogen-bond acceptors (Lipinski definition) is 6. The second-order valence-corrected chi connectivity index (χ2v) is 4.82. The van der Waals surface area contributed by atoms with Gasteiger partial charge in [-0.1, -0.05) is 12.1 Å². The first-order valence-corrected chi connectivity index (χ1v) is 6.51. The third-order valence-electron chi connectivity index (χ3n) is 2.47. The number of pyridine rings is 1. The summed E-state index contributed by atoms with van der Waals surface area (Å²) >= 11 is 1.40. The van der Waals surface area contributed by atoms with Crippen molar-refractivity contribution >= 4 is 23.1 Å². The van der Waals surface area contributed by atoms with Gasteiger partial charge in [-0.2, -0.15) is 0 Å². The molecule has 7 nitrogen and oxygen atoms in total. The standard InChI is InChI=1S/C12H9N3O4S/c16-14(17)10-3-1-9(2-4-10)8-20-12-6-5-11(7-13-12)15(18)19/h1-7H,8H2. The van der Waals surface area contributed by atoms with Gasteiger partial charge in [0.25, 0.3) is 11.4 Å². The van der Waals surface area contributed by atoms with Gasteiger partial charge in [-0.05, 0) is 11.6 Å². The molecular formula is C12H9N3O4S. The third kappa shape index (κ3) is 3.51. The molecule has 0 bridgehead atoms. The maximum atomic E-state index is 10.5. The molecule has 0 aliphatic rings. The smallest absolute Gasteiger partial charge is 0.258 e. The normalized spacial score (nSPS) is 10.2. The Hall–Kier alpha value is -2.48. The predicted octanol–water partition coefficient (Wildman–Crippen LogP) is 3.19. The predicted molar refractivity (Wildman–Crippen MR) is 73.5 cm³/mol. The summed E-state index contributed by atoms with van der Waals surface area (Å²) in [6.45, 7) is 0. The number of nitro benzene ring substituents is 1. The van der Waals surface area contributed by atoms with Crippen molar-refractivity contribution in [2.24, 2.45) is 0 Å². The van der Waals surface area contributed by atoms with E-state index in [0.717, 1.165) is 5.56 Å². The SMILES string of the molecule is O=[N+]([O-])c1ccc(CSc2ccc([N+](=O)[O-])cn2)cc1. The molecule has 2 rings (SSSR count). The van der Waals surface area contributed by atoms with Crippen LogP contribution in [0.1, 0.15) is 5.56 Å². The Kier molecular flexibility index (Phi) is 4.26. The van der Waals surface area contributed by atoms with Crippen LogP contribution in [0, 0.1) is 20.2 Å². The van der Waals surface area contributed by atoms with E-state index in [0.29, 0.717) is 10.8 Å². The van der Waals surface area contributed by atoms with Crippen molar-refractivity contribution in [1.29, 1.82) is 0 Å². The lowest BCUT2D eigenvalue weighted by atomic mass is 10.2. The van der Waals surface area contributed by atoms with Crippen LogP contribution < -0.4 is 0 Å². The summed E-state index contributed by atoms with van der Waals surface area (Å²) < 4.78 is 0. The maximum Gasteiger partial charge on any atom is 0.287 e. The molecule has 1 heterocycles. The second-order valence-electron chi connectivity index (χ2n) is 3.82. The first-order chi connectivity index (χ1) is 9.56. The van der Waals surface area contributed by atoms with Gasteiger partial charge in [-0.25, -0.2) is 4.98 Å². The zero-order valence-electron chi connectivity index (χ0n) is 10.1. The molecule has 0 saturated heterocycles. The average molecular weight is 291 g/mol. The first kappa shape index (κ1) is 13.9. The van der Waals surface area contributed by atoms with E-state index in [-0.39, 0.29) is 11.4 Å². The van der Waals surface area contributed by atoms with E-state index in [9.17, 15) is 20.2 Å². The van der Waals surface area contributed by atoms with Crippen LogP contribution in [0.25, 0.3) is 0 Å². The number of rotatable bonds is 5. The zero-order valence-corrected chi connectivity index (χ0v) is 10.9. The Morgan fingerprint density at radius 2 is 1.55 bits per heavy atom. The van der Waals surface area contributed by atoms with E-state index in [1.165, 1.54) is 36.2 Å². The van der Waals surface area contributed by atoms with Crippen LogP contribution in [-0.4, -0.2) is 14.8 Å². The molecule has 2 aromatic rings. The monoisotopic (exact) mass is 291 g/mol. The highest BCUT2D eigenvalue weighted by molar-refractivity contribution is 7.98. The van der Waals surface area contributed by atoms with Crippen molar-refractivity contribution in [3.05, 3.63) is 68.4 Å². The number of non-ortho nitro benzene ring substituents is 1. The molecule has 0 saturated carbocycles. The van der Waals surface area contributed by atoms with Crippen molar-refractivity contribution in [3.8, 4) is 0 Å². The fraction of sp³-hybridized carbons (Fsp3) is 0.0833. The molecule has 20 heavy (non-hydrogen) atoms. The maximum absolute atomic E-state index is 10.5. The highest BCUT2D eigenvalue weighted by atomic mass is 32.2. The summed E-state index contributed by atoms with van der Waals surface area (Å²) in [5.74, 6) is 0.586. The summed E-state index contributed by atoms with van der Waals surface area (Å²) in [7, 11) is 0. The second kappa shape index (κ2) is 6.11. The Morgan fingerprint density at radius 1 is 0.950 bits per heavy atom. The molecule has 0 amide bonds. The average Bonchev–Trinajstić information content (AvgIpc) is 2.46. The van der Waals surface area contributed by atoms with Gasteiger partial charge < -0.3 is 0 Å². The van der Waals surface area contributed by atoms with Crippen molar-refractivity contribution in [3.63, 3.8) is 0 Å². The van der Waals surface area contributed by atoms with Crippen molar-refractivity contribution in [2.75, 3.05) is 0 Å². The lowest BCUT2D eigenvalue weighted by Crippen LogP contribution is -1.90. The molecule has 0 fully saturated rings. The number of benzene rings is 1. The van der Waals surface area contributed by atoms with Crippen LogP contribution in [0.2, 0.25) is 0 Å². The van der Waals surface area contributed by atoms with E-state index in [1.807, 2.05) is 0 Å². The summed E-state index contributed by atoms with van der Waals surface area (Å²) in [5.41, 5.74) is 0.914. The van der Waals surface area contributed by atoms with Gasteiger partial charge in [-0.15, -0.1) is 11.8 Å². The summed E-state index contributed by atoms with van der Waals surface area (Å²) in [6, 6.07) is 9.21. The quantitative estimate of drug-likeness (QED) is 0.476. The Labute approximate surface area is 118 Å². The Balaban J connectivity index is 1.97. The molecule has 1 aromatic heterocycles. The zero-order chi connectivity index (χ0) is 14.5. The van der Waals surface area contributed by atoms with E-state index < -0.39 is 9.85 Å². The number of hydrogen-bond donors (Lipinski definition) is 0. The Morgan fingerprint density at radius 3 is 2.05 bits per heavy atom. The Bertz CT molecular complexity index is 571. The molecule has 0 spiro atoms. The third-order valence-corrected chi connectivity index (χ3v) is 3.48. The highest BCUT2D eigenvalue weighted by Gasteiger charge is 2.07. The molecule has 0 radical (unpaired) electrons. The van der Waals surface area contributed by atoms with Gasteiger partial charge in [0.1, 0.15) is 6.20 Å². The van der Waals surface area contributed by atoms with Crippen molar-refractivity contribution < 1.29 is 9.85 Å². The van der Waals surface area contributed by atoms with Gasteiger partial charge in [0.05, 0.1) is 14.9 Å².